The van der Waals surface area contributed by atoms with Gasteiger partial charge >= 0.3 is 0 Å². The fourth-order valence-electron chi connectivity index (χ4n) is 2.12. The second-order valence-corrected chi connectivity index (χ2v) is 5.43. The van der Waals surface area contributed by atoms with Gasteiger partial charge in [-0.2, -0.15) is 0 Å². The highest BCUT2D eigenvalue weighted by Gasteiger charge is 2.09. The summed E-state index contributed by atoms with van der Waals surface area (Å²) in [5.41, 5.74) is 0.735. The van der Waals surface area contributed by atoms with Gasteiger partial charge in [-0.15, -0.1) is 0 Å². The molecule has 0 fully saturated rings. The number of para-hydroxylation sites is 1. The van der Waals surface area contributed by atoms with Gasteiger partial charge in [-0.3, -0.25) is 4.79 Å². The Morgan fingerprint density at radius 1 is 1.16 bits per heavy atom. The van der Waals surface area contributed by atoms with E-state index in [0.29, 0.717) is 29.7 Å². The lowest BCUT2D eigenvalue weighted by Crippen LogP contribution is -2.26. The second kappa shape index (κ2) is 9.59. The quantitative estimate of drug-likeness (QED) is 0.577. The molecule has 6 heteroatoms. The van der Waals surface area contributed by atoms with E-state index < -0.39 is 0 Å². The maximum atomic E-state index is 11.8. The summed E-state index contributed by atoms with van der Waals surface area (Å²) in [5.74, 6) is 1.52. The van der Waals surface area contributed by atoms with E-state index in [0.717, 1.165) is 11.3 Å². The van der Waals surface area contributed by atoms with Gasteiger partial charge in [0.2, 0.25) is 5.91 Å². The number of benzene rings is 2. The SMILES string of the molecule is COc1cc(C=CC(=O)NCCOc2ccccc2)cc(Cl)c1OC. The number of hydrogen-bond donors (Lipinski definition) is 1. The molecule has 5 nitrogen and oxygen atoms in total. The maximum Gasteiger partial charge on any atom is 0.244 e. The Kier molecular flexibility index (Phi) is 7.16. The molecular formula is C19H20ClNO4. The number of carbonyl (C=O) groups is 1. The zero-order chi connectivity index (χ0) is 18.1. The van der Waals surface area contributed by atoms with E-state index in [-0.39, 0.29) is 5.91 Å². The molecule has 0 atom stereocenters. The number of halogens is 1. The van der Waals surface area contributed by atoms with Crippen molar-refractivity contribution >= 4 is 23.6 Å². The van der Waals surface area contributed by atoms with Gasteiger partial charge in [0.15, 0.2) is 11.5 Å². The van der Waals surface area contributed by atoms with Gasteiger partial charge < -0.3 is 19.5 Å². The first-order chi connectivity index (χ1) is 12.1. The summed E-state index contributed by atoms with van der Waals surface area (Å²) >= 11 is 6.13. The molecule has 132 valence electrons. The highest BCUT2D eigenvalue weighted by atomic mass is 35.5. The van der Waals surface area contributed by atoms with Crippen molar-refractivity contribution in [1.82, 2.24) is 5.32 Å². The first-order valence-electron chi connectivity index (χ1n) is 7.69. The minimum Gasteiger partial charge on any atom is -0.493 e. The molecule has 0 aliphatic carbocycles. The van der Waals surface area contributed by atoms with E-state index in [1.54, 1.807) is 18.2 Å². The van der Waals surface area contributed by atoms with Gasteiger partial charge in [0.05, 0.1) is 25.8 Å². The molecular weight excluding hydrogens is 342 g/mol. The molecule has 25 heavy (non-hydrogen) atoms. The summed E-state index contributed by atoms with van der Waals surface area (Å²) in [6.45, 7) is 0.802. The standard InChI is InChI=1S/C19H20ClNO4/c1-23-17-13-14(12-16(20)19(17)24-2)8-9-18(22)21-10-11-25-15-6-4-3-5-7-15/h3-9,12-13H,10-11H2,1-2H3,(H,21,22). The van der Waals surface area contributed by atoms with Crippen molar-refractivity contribution in [3.8, 4) is 17.2 Å². The number of hydrogen-bond acceptors (Lipinski definition) is 4. The monoisotopic (exact) mass is 361 g/mol. The smallest absolute Gasteiger partial charge is 0.244 e. The predicted molar refractivity (Wildman–Crippen MR) is 98.5 cm³/mol. The topological polar surface area (TPSA) is 56.8 Å². The Morgan fingerprint density at radius 3 is 2.60 bits per heavy atom. The average Bonchev–Trinajstić information content (AvgIpc) is 2.64. The summed E-state index contributed by atoms with van der Waals surface area (Å²) in [5, 5.41) is 3.16. The Labute approximate surface area is 152 Å². The molecule has 0 aliphatic heterocycles. The van der Waals surface area contributed by atoms with Crippen molar-refractivity contribution in [2.45, 2.75) is 0 Å². The van der Waals surface area contributed by atoms with E-state index in [1.165, 1.54) is 20.3 Å². The molecule has 1 amide bonds. The lowest BCUT2D eigenvalue weighted by Gasteiger charge is -2.10. The highest BCUT2D eigenvalue weighted by molar-refractivity contribution is 6.32. The fraction of sp³-hybridized carbons (Fsp3) is 0.211. The third kappa shape index (κ3) is 5.72. The van der Waals surface area contributed by atoms with E-state index in [1.807, 2.05) is 30.3 Å². The van der Waals surface area contributed by atoms with Crippen LogP contribution in [0.4, 0.5) is 0 Å². The van der Waals surface area contributed by atoms with Crippen LogP contribution in [-0.4, -0.2) is 33.3 Å². The van der Waals surface area contributed by atoms with Crippen LogP contribution in [0.5, 0.6) is 17.2 Å². The number of rotatable bonds is 8. The lowest BCUT2D eigenvalue weighted by molar-refractivity contribution is -0.116. The Morgan fingerprint density at radius 2 is 1.92 bits per heavy atom. The summed E-state index contributed by atoms with van der Waals surface area (Å²) < 4.78 is 15.9. The Bertz CT molecular complexity index is 732. The molecule has 0 unspecified atom stereocenters. The molecule has 0 aromatic heterocycles. The van der Waals surface area contributed by atoms with Crippen LogP contribution in [0.25, 0.3) is 6.08 Å². The first-order valence-corrected chi connectivity index (χ1v) is 8.07. The molecule has 2 aromatic carbocycles. The summed E-state index contributed by atoms with van der Waals surface area (Å²) in [4.78, 5) is 11.8. The van der Waals surface area contributed by atoms with Crippen molar-refractivity contribution in [2.24, 2.45) is 0 Å². The Hall–Kier alpha value is -2.66. The lowest BCUT2D eigenvalue weighted by atomic mass is 10.2. The molecule has 1 N–H and O–H groups in total. The van der Waals surface area contributed by atoms with Gasteiger partial charge in [0.1, 0.15) is 12.4 Å². The number of amides is 1. The Balaban J connectivity index is 1.84. The molecule has 0 bridgehead atoms. The van der Waals surface area contributed by atoms with Gasteiger partial charge in [0.25, 0.3) is 0 Å². The van der Waals surface area contributed by atoms with Crippen LogP contribution >= 0.6 is 11.6 Å². The fourth-order valence-corrected chi connectivity index (χ4v) is 2.42. The summed E-state index contributed by atoms with van der Waals surface area (Å²) in [6, 6.07) is 12.9. The van der Waals surface area contributed by atoms with E-state index >= 15 is 0 Å². The van der Waals surface area contributed by atoms with E-state index in [4.69, 9.17) is 25.8 Å². The van der Waals surface area contributed by atoms with Crippen LogP contribution in [0.3, 0.4) is 0 Å². The van der Waals surface area contributed by atoms with Crippen molar-refractivity contribution in [3.63, 3.8) is 0 Å². The predicted octanol–water partition coefficient (Wildman–Crippen LogP) is 3.57. The van der Waals surface area contributed by atoms with Gasteiger partial charge in [0, 0.05) is 6.08 Å². The maximum absolute atomic E-state index is 11.8. The third-order valence-electron chi connectivity index (χ3n) is 3.30. The van der Waals surface area contributed by atoms with Gasteiger partial charge in [-0.25, -0.2) is 0 Å². The molecule has 0 saturated carbocycles. The molecule has 0 aliphatic rings. The molecule has 0 spiro atoms. The highest BCUT2D eigenvalue weighted by Crippen LogP contribution is 2.36. The largest absolute Gasteiger partial charge is 0.493 e. The van der Waals surface area contributed by atoms with Crippen LogP contribution < -0.4 is 19.5 Å². The van der Waals surface area contributed by atoms with Crippen LogP contribution in [0.2, 0.25) is 5.02 Å². The zero-order valence-electron chi connectivity index (χ0n) is 14.1. The van der Waals surface area contributed by atoms with Crippen molar-refractivity contribution in [3.05, 3.63) is 59.1 Å². The zero-order valence-corrected chi connectivity index (χ0v) is 14.9. The normalized spacial score (nSPS) is 10.5. The van der Waals surface area contributed by atoms with Crippen LogP contribution in [0.1, 0.15) is 5.56 Å². The second-order valence-electron chi connectivity index (χ2n) is 5.02. The molecule has 0 heterocycles. The third-order valence-corrected chi connectivity index (χ3v) is 3.58. The summed E-state index contributed by atoms with van der Waals surface area (Å²) in [7, 11) is 3.05. The molecule has 0 radical (unpaired) electrons. The first kappa shape index (κ1) is 18.7. The number of nitrogens with one attached hydrogen (secondary N) is 1. The van der Waals surface area contributed by atoms with Crippen molar-refractivity contribution in [2.75, 3.05) is 27.4 Å². The molecule has 2 rings (SSSR count). The minimum absolute atomic E-state index is 0.220. The molecule has 0 saturated heterocycles. The van der Waals surface area contributed by atoms with Crippen molar-refractivity contribution in [1.29, 1.82) is 0 Å². The van der Waals surface area contributed by atoms with Crippen LogP contribution in [-0.2, 0) is 4.79 Å². The van der Waals surface area contributed by atoms with Crippen molar-refractivity contribution < 1.29 is 19.0 Å². The number of carbonyl (C=O) groups excluding carboxylic acids is 1. The van der Waals surface area contributed by atoms with Crippen LogP contribution in [0, 0.1) is 0 Å². The number of methoxy groups -OCH3 is 2. The van der Waals surface area contributed by atoms with Gasteiger partial charge in [-0.1, -0.05) is 29.8 Å². The number of ether oxygens (including phenoxy) is 3. The average molecular weight is 362 g/mol. The van der Waals surface area contributed by atoms with E-state index in [9.17, 15) is 4.79 Å². The van der Waals surface area contributed by atoms with Gasteiger partial charge in [-0.05, 0) is 35.9 Å². The van der Waals surface area contributed by atoms with Crippen LogP contribution in [0.15, 0.2) is 48.5 Å². The summed E-state index contributed by atoms with van der Waals surface area (Å²) in [6.07, 6.45) is 3.08. The van der Waals surface area contributed by atoms with E-state index in [2.05, 4.69) is 5.32 Å². The molecule has 2 aromatic rings. The minimum atomic E-state index is -0.220.